The Morgan fingerprint density at radius 2 is 1.49 bits per heavy atom. The predicted octanol–water partition coefficient (Wildman–Crippen LogP) is 5.14. The summed E-state index contributed by atoms with van der Waals surface area (Å²) >= 11 is 0. The summed E-state index contributed by atoms with van der Waals surface area (Å²) in [5.41, 5.74) is 5.05. The van der Waals surface area contributed by atoms with Crippen molar-refractivity contribution >= 4 is 23.2 Å². The van der Waals surface area contributed by atoms with Crippen LogP contribution in [-0.4, -0.2) is 35.5 Å². The lowest BCUT2D eigenvalue weighted by Crippen LogP contribution is -2.39. The van der Waals surface area contributed by atoms with E-state index in [9.17, 15) is 14.4 Å². The molecule has 1 heterocycles. The first-order valence-corrected chi connectivity index (χ1v) is 12.4. The number of benzene rings is 2. The van der Waals surface area contributed by atoms with Crippen LogP contribution in [-0.2, 0) is 14.4 Å². The highest BCUT2D eigenvalue weighted by atomic mass is 16.5. The maximum Gasteiger partial charge on any atom is 0.262 e. The van der Waals surface area contributed by atoms with Crippen molar-refractivity contribution in [2.24, 2.45) is 0 Å². The van der Waals surface area contributed by atoms with E-state index < -0.39 is 5.92 Å². The van der Waals surface area contributed by atoms with Gasteiger partial charge in [0.2, 0.25) is 0 Å². The normalized spacial score (nSPS) is 18.4. The van der Waals surface area contributed by atoms with Gasteiger partial charge in [0.25, 0.3) is 5.91 Å². The molecule has 0 radical (unpaired) electrons. The second-order valence-electron chi connectivity index (χ2n) is 9.19. The van der Waals surface area contributed by atoms with E-state index in [4.69, 9.17) is 4.74 Å². The van der Waals surface area contributed by atoms with Gasteiger partial charge < -0.3 is 15.0 Å². The average molecular weight is 471 g/mol. The van der Waals surface area contributed by atoms with Crippen LogP contribution < -0.4 is 10.1 Å². The zero-order valence-electron chi connectivity index (χ0n) is 20.0. The van der Waals surface area contributed by atoms with E-state index in [1.807, 2.05) is 54.6 Å². The topological polar surface area (TPSA) is 75.7 Å². The summed E-state index contributed by atoms with van der Waals surface area (Å²) in [7, 11) is 0. The van der Waals surface area contributed by atoms with E-state index in [-0.39, 0.29) is 24.1 Å². The summed E-state index contributed by atoms with van der Waals surface area (Å²) in [6, 6.07) is 16.7. The van der Waals surface area contributed by atoms with Crippen molar-refractivity contribution in [1.29, 1.82) is 0 Å². The third-order valence-electron chi connectivity index (χ3n) is 7.05. The standard InChI is InChI=1S/C29H30N2O4/c1-2-31-21-13-8-15-23(32)28(21)27(29-22(31)14-9-16-24(29)33)20-12-6-7-17-25(20)35-18-26(34)30-19-10-4-3-5-11-19/h3-7,10-12,17,27H,2,8-9,13-16,18H2,1H3,(H,30,34). The van der Waals surface area contributed by atoms with Gasteiger partial charge in [0, 0.05) is 59.1 Å². The maximum atomic E-state index is 13.3. The molecule has 180 valence electrons. The molecular weight excluding hydrogens is 440 g/mol. The summed E-state index contributed by atoms with van der Waals surface area (Å²) in [5, 5.41) is 2.83. The molecule has 6 heteroatoms. The number of rotatable bonds is 6. The van der Waals surface area contributed by atoms with Crippen molar-refractivity contribution in [2.45, 2.75) is 51.4 Å². The molecule has 0 unspecified atom stereocenters. The summed E-state index contributed by atoms with van der Waals surface area (Å²) in [6.07, 6.45) is 4.31. The zero-order valence-corrected chi connectivity index (χ0v) is 20.0. The van der Waals surface area contributed by atoms with Gasteiger partial charge in [-0.15, -0.1) is 0 Å². The van der Waals surface area contributed by atoms with E-state index in [0.717, 1.165) is 60.3 Å². The number of anilines is 1. The van der Waals surface area contributed by atoms with E-state index in [2.05, 4.69) is 17.1 Å². The molecule has 0 atom stereocenters. The fraction of sp³-hybridized carbons (Fsp3) is 0.345. The van der Waals surface area contributed by atoms with Crippen molar-refractivity contribution in [3.05, 3.63) is 82.7 Å². The summed E-state index contributed by atoms with van der Waals surface area (Å²) in [6.45, 7) is 2.65. The third-order valence-corrected chi connectivity index (χ3v) is 7.05. The van der Waals surface area contributed by atoms with Gasteiger partial charge in [-0.3, -0.25) is 14.4 Å². The molecule has 0 saturated carbocycles. The number of ketones is 2. The van der Waals surface area contributed by atoms with Gasteiger partial charge in [0.1, 0.15) is 5.75 Å². The molecule has 2 aromatic carbocycles. The maximum absolute atomic E-state index is 13.3. The molecule has 1 N–H and O–H groups in total. The van der Waals surface area contributed by atoms with Gasteiger partial charge in [0.05, 0.1) is 0 Å². The highest BCUT2D eigenvalue weighted by Gasteiger charge is 2.43. The molecule has 0 saturated heterocycles. The number of carbonyl (C=O) groups is 3. The Morgan fingerprint density at radius 1 is 0.886 bits per heavy atom. The Labute approximate surface area is 205 Å². The van der Waals surface area contributed by atoms with Crippen LogP contribution in [0.1, 0.15) is 56.9 Å². The lowest BCUT2D eigenvalue weighted by Gasteiger charge is -2.43. The Balaban J connectivity index is 1.51. The van der Waals surface area contributed by atoms with Crippen molar-refractivity contribution in [3.8, 4) is 5.75 Å². The quantitative estimate of drug-likeness (QED) is 0.633. The van der Waals surface area contributed by atoms with Crippen molar-refractivity contribution < 1.29 is 19.1 Å². The van der Waals surface area contributed by atoms with E-state index in [0.29, 0.717) is 24.3 Å². The second kappa shape index (κ2) is 9.90. The number of amides is 1. The van der Waals surface area contributed by atoms with Crippen LogP contribution >= 0.6 is 0 Å². The minimum Gasteiger partial charge on any atom is -0.483 e. The Morgan fingerprint density at radius 3 is 2.11 bits per heavy atom. The van der Waals surface area contributed by atoms with Gasteiger partial charge in [-0.25, -0.2) is 0 Å². The molecule has 0 bridgehead atoms. The molecule has 0 spiro atoms. The van der Waals surface area contributed by atoms with E-state index >= 15 is 0 Å². The Bertz CT molecular complexity index is 1180. The number of hydrogen-bond acceptors (Lipinski definition) is 5. The summed E-state index contributed by atoms with van der Waals surface area (Å²) < 4.78 is 6.01. The molecule has 0 fully saturated rings. The number of para-hydroxylation sites is 2. The van der Waals surface area contributed by atoms with Crippen LogP contribution in [0.3, 0.4) is 0 Å². The molecule has 6 nitrogen and oxygen atoms in total. The van der Waals surface area contributed by atoms with Crippen LogP contribution in [0.4, 0.5) is 5.69 Å². The highest BCUT2D eigenvalue weighted by molar-refractivity contribution is 6.06. The second-order valence-corrected chi connectivity index (χ2v) is 9.19. The fourth-order valence-corrected chi connectivity index (χ4v) is 5.62. The van der Waals surface area contributed by atoms with Crippen molar-refractivity contribution in [1.82, 2.24) is 4.90 Å². The van der Waals surface area contributed by atoms with Crippen LogP contribution in [0.5, 0.6) is 5.75 Å². The predicted molar refractivity (Wildman–Crippen MR) is 134 cm³/mol. The first-order chi connectivity index (χ1) is 17.1. The number of Topliss-reactive ketones (excluding diaryl/α,β-unsaturated/α-hetero) is 2. The van der Waals surface area contributed by atoms with Crippen molar-refractivity contribution in [2.75, 3.05) is 18.5 Å². The number of hydrogen-bond donors (Lipinski definition) is 1. The monoisotopic (exact) mass is 470 g/mol. The molecule has 1 aliphatic heterocycles. The van der Waals surface area contributed by atoms with Crippen LogP contribution in [0.15, 0.2) is 77.1 Å². The van der Waals surface area contributed by atoms with Gasteiger partial charge in [-0.05, 0) is 50.8 Å². The molecule has 2 aromatic rings. The lowest BCUT2D eigenvalue weighted by atomic mass is 9.70. The molecule has 3 aliphatic rings. The molecule has 1 amide bonds. The summed E-state index contributed by atoms with van der Waals surface area (Å²) in [5.74, 6) is 0.0273. The SMILES string of the molecule is CCN1C2=C(C(=O)CCC2)C(c2ccccc2OCC(=O)Nc2ccccc2)C2=C1CCCC2=O. The van der Waals surface area contributed by atoms with E-state index in [1.165, 1.54) is 0 Å². The van der Waals surface area contributed by atoms with Gasteiger partial charge in [-0.1, -0.05) is 36.4 Å². The minimum atomic E-state index is -0.447. The molecule has 5 rings (SSSR count). The largest absolute Gasteiger partial charge is 0.483 e. The molecule has 2 aliphatic carbocycles. The van der Waals surface area contributed by atoms with Crippen molar-refractivity contribution in [3.63, 3.8) is 0 Å². The number of nitrogens with one attached hydrogen (secondary N) is 1. The molecule has 35 heavy (non-hydrogen) atoms. The number of allylic oxidation sites excluding steroid dienone is 4. The number of ether oxygens (including phenoxy) is 1. The third kappa shape index (κ3) is 4.41. The van der Waals surface area contributed by atoms with Crippen LogP contribution in [0.25, 0.3) is 0 Å². The first kappa shape index (κ1) is 23.1. The average Bonchev–Trinajstić information content (AvgIpc) is 2.87. The highest BCUT2D eigenvalue weighted by Crippen LogP contribution is 2.50. The van der Waals surface area contributed by atoms with Crippen LogP contribution in [0, 0.1) is 0 Å². The summed E-state index contributed by atoms with van der Waals surface area (Å²) in [4.78, 5) is 41.4. The first-order valence-electron chi connectivity index (χ1n) is 12.4. The number of carbonyl (C=O) groups excluding carboxylic acids is 3. The van der Waals surface area contributed by atoms with Crippen LogP contribution in [0.2, 0.25) is 0 Å². The lowest BCUT2D eigenvalue weighted by molar-refractivity contribution is -0.119. The number of nitrogens with zero attached hydrogens (tertiary/aromatic N) is 1. The van der Waals surface area contributed by atoms with E-state index in [1.54, 1.807) is 0 Å². The van der Waals surface area contributed by atoms with Gasteiger partial charge >= 0.3 is 0 Å². The zero-order chi connectivity index (χ0) is 24.4. The van der Waals surface area contributed by atoms with Gasteiger partial charge in [0.15, 0.2) is 18.2 Å². The Hall–Kier alpha value is -3.67. The minimum absolute atomic E-state index is 0.108. The molecular formula is C29H30N2O4. The smallest absolute Gasteiger partial charge is 0.262 e. The fourth-order valence-electron chi connectivity index (χ4n) is 5.62. The Kier molecular flexibility index (Phi) is 6.53. The molecule has 0 aromatic heterocycles. The van der Waals surface area contributed by atoms with Gasteiger partial charge in [-0.2, -0.15) is 0 Å².